The molecule has 2 rings (SSSR count). The first kappa shape index (κ1) is 10.9. The largest absolute Gasteiger partial charge is 0.480 e. The molecule has 1 heterocycles. The zero-order valence-corrected chi connectivity index (χ0v) is 9.03. The number of ether oxygens (including phenoxy) is 1. The Kier molecular flexibility index (Phi) is 2.36. The second-order valence-electron chi connectivity index (χ2n) is 3.53. The highest BCUT2D eigenvalue weighted by Gasteiger charge is 2.28. The number of benzene rings is 1. The van der Waals surface area contributed by atoms with Gasteiger partial charge in [-0.2, -0.15) is 0 Å². The SMILES string of the molecule is NC(=O)[C@H]1Cc2cc(S(N)(=O)=O)ccc2O1. The first-order valence-corrected chi connectivity index (χ1v) is 6.04. The van der Waals surface area contributed by atoms with Gasteiger partial charge in [-0.1, -0.05) is 0 Å². The standard InChI is InChI=1S/C9H10N2O4S/c10-9(12)8-4-5-3-6(16(11,13)14)1-2-7(5)15-8/h1-3,8H,4H2,(H2,10,12)(H2,11,13,14)/t8-/m1/s1. The quantitative estimate of drug-likeness (QED) is 0.701. The molecule has 0 saturated carbocycles. The number of nitrogens with two attached hydrogens (primary N) is 2. The van der Waals surface area contributed by atoms with Crippen molar-refractivity contribution in [2.75, 3.05) is 0 Å². The molecule has 0 saturated heterocycles. The summed E-state index contributed by atoms with van der Waals surface area (Å²) in [6.07, 6.45) is -0.459. The Hall–Kier alpha value is -1.60. The maximum atomic E-state index is 11.1. The average molecular weight is 242 g/mol. The zero-order valence-electron chi connectivity index (χ0n) is 8.21. The van der Waals surface area contributed by atoms with Crippen LogP contribution in [0, 0.1) is 0 Å². The Labute approximate surface area is 92.2 Å². The Balaban J connectivity index is 2.39. The van der Waals surface area contributed by atoms with E-state index >= 15 is 0 Å². The molecule has 1 aromatic rings. The molecule has 1 aliphatic rings. The fourth-order valence-corrected chi connectivity index (χ4v) is 2.12. The zero-order chi connectivity index (χ0) is 11.9. The van der Waals surface area contributed by atoms with Crippen LogP contribution >= 0.6 is 0 Å². The molecular weight excluding hydrogens is 232 g/mol. The van der Waals surface area contributed by atoms with Crippen LogP contribution in [-0.4, -0.2) is 20.4 Å². The summed E-state index contributed by atoms with van der Waals surface area (Å²) in [7, 11) is -3.73. The number of carbonyl (C=O) groups excluding carboxylic acids is 1. The van der Waals surface area contributed by atoms with Gasteiger partial charge in [0.1, 0.15) is 5.75 Å². The normalized spacial score (nSPS) is 18.9. The third-order valence-corrected chi connectivity index (χ3v) is 3.26. The van der Waals surface area contributed by atoms with Crippen molar-refractivity contribution in [3.63, 3.8) is 0 Å². The molecule has 1 amide bonds. The highest BCUT2D eigenvalue weighted by atomic mass is 32.2. The van der Waals surface area contributed by atoms with E-state index in [-0.39, 0.29) is 11.3 Å². The van der Waals surface area contributed by atoms with Crippen LogP contribution in [0.1, 0.15) is 5.56 Å². The second kappa shape index (κ2) is 3.46. The summed E-state index contributed by atoms with van der Waals surface area (Å²) >= 11 is 0. The number of hydrogen-bond donors (Lipinski definition) is 2. The van der Waals surface area contributed by atoms with Crippen molar-refractivity contribution < 1.29 is 17.9 Å². The van der Waals surface area contributed by atoms with Crippen molar-refractivity contribution in [1.29, 1.82) is 0 Å². The van der Waals surface area contributed by atoms with Gasteiger partial charge in [-0.05, 0) is 23.8 Å². The van der Waals surface area contributed by atoms with Gasteiger partial charge in [-0.3, -0.25) is 4.79 Å². The summed E-state index contributed by atoms with van der Waals surface area (Å²) < 4.78 is 27.4. The smallest absolute Gasteiger partial charge is 0.258 e. The van der Waals surface area contributed by atoms with Crippen LogP contribution < -0.4 is 15.6 Å². The van der Waals surface area contributed by atoms with E-state index in [1.54, 1.807) is 0 Å². The van der Waals surface area contributed by atoms with Gasteiger partial charge >= 0.3 is 0 Å². The van der Waals surface area contributed by atoms with Gasteiger partial charge in [0.2, 0.25) is 10.0 Å². The molecule has 16 heavy (non-hydrogen) atoms. The van der Waals surface area contributed by atoms with Crippen LogP contribution in [0.5, 0.6) is 5.75 Å². The lowest BCUT2D eigenvalue weighted by molar-refractivity contribution is -0.123. The molecule has 1 atom stereocenters. The van der Waals surface area contributed by atoms with Crippen molar-refractivity contribution in [2.24, 2.45) is 10.9 Å². The van der Waals surface area contributed by atoms with Crippen LogP contribution in [0.3, 0.4) is 0 Å². The molecule has 0 unspecified atom stereocenters. The summed E-state index contributed by atoms with van der Waals surface area (Å²) in [5.41, 5.74) is 5.71. The molecule has 0 radical (unpaired) electrons. The van der Waals surface area contributed by atoms with E-state index in [9.17, 15) is 13.2 Å². The van der Waals surface area contributed by atoms with E-state index in [4.69, 9.17) is 15.6 Å². The molecular formula is C9H10N2O4S. The highest BCUT2D eigenvalue weighted by Crippen LogP contribution is 2.30. The third kappa shape index (κ3) is 1.86. The fraction of sp³-hybridized carbons (Fsp3) is 0.222. The fourth-order valence-electron chi connectivity index (χ4n) is 1.56. The number of hydrogen-bond acceptors (Lipinski definition) is 4. The van der Waals surface area contributed by atoms with Crippen molar-refractivity contribution in [2.45, 2.75) is 17.4 Å². The number of primary sulfonamides is 1. The van der Waals surface area contributed by atoms with Gasteiger partial charge in [0.15, 0.2) is 6.10 Å². The molecule has 4 N–H and O–H groups in total. The van der Waals surface area contributed by atoms with Gasteiger partial charge in [0.25, 0.3) is 5.91 Å². The van der Waals surface area contributed by atoms with Crippen molar-refractivity contribution in [1.82, 2.24) is 0 Å². The first-order chi connectivity index (χ1) is 7.38. The van der Waals surface area contributed by atoms with Crippen molar-refractivity contribution >= 4 is 15.9 Å². The molecule has 0 aromatic heterocycles. The van der Waals surface area contributed by atoms with Gasteiger partial charge in [0.05, 0.1) is 4.90 Å². The van der Waals surface area contributed by atoms with Gasteiger partial charge in [-0.15, -0.1) is 0 Å². The number of carbonyl (C=O) groups is 1. The lowest BCUT2D eigenvalue weighted by atomic mass is 10.1. The van der Waals surface area contributed by atoms with Gasteiger partial charge < -0.3 is 10.5 Å². The molecule has 86 valence electrons. The summed E-state index contributed by atoms with van der Waals surface area (Å²) in [5.74, 6) is -0.107. The van der Waals surface area contributed by atoms with E-state index in [1.807, 2.05) is 0 Å². The van der Waals surface area contributed by atoms with Crippen molar-refractivity contribution in [3.8, 4) is 5.75 Å². The summed E-state index contributed by atoms with van der Waals surface area (Å²) in [5, 5.41) is 4.99. The second-order valence-corrected chi connectivity index (χ2v) is 5.09. The topological polar surface area (TPSA) is 112 Å². The van der Waals surface area contributed by atoms with E-state index in [1.165, 1.54) is 18.2 Å². The van der Waals surface area contributed by atoms with E-state index < -0.39 is 22.0 Å². The molecule has 0 spiro atoms. The number of sulfonamides is 1. The first-order valence-electron chi connectivity index (χ1n) is 4.49. The maximum absolute atomic E-state index is 11.1. The molecule has 0 aliphatic carbocycles. The summed E-state index contributed by atoms with van der Waals surface area (Å²) in [6.45, 7) is 0. The Morgan fingerprint density at radius 2 is 2.12 bits per heavy atom. The van der Waals surface area contributed by atoms with Crippen LogP contribution in [0.25, 0.3) is 0 Å². The number of primary amides is 1. The number of fused-ring (bicyclic) bond motifs is 1. The van der Waals surface area contributed by atoms with Gasteiger partial charge in [0, 0.05) is 6.42 Å². The molecule has 1 aliphatic heterocycles. The Morgan fingerprint density at radius 3 is 2.69 bits per heavy atom. The minimum Gasteiger partial charge on any atom is -0.480 e. The lowest BCUT2D eigenvalue weighted by Gasteiger charge is -2.04. The molecule has 7 heteroatoms. The maximum Gasteiger partial charge on any atom is 0.258 e. The van der Waals surface area contributed by atoms with Crippen LogP contribution in [-0.2, 0) is 21.2 Å². The van der Waals surface area contributed by atoms with E-state index in [2.05, 4.69) is 0 Å². The average Bonchev–Trinajstić information content (AvgIpc) is 2.58. The summed E-state index contributed by atoms with van der Waals surface area (Å²) in [4.78, 5) is 10.9. The molecule has 1 aromatic carbocycles. The minimum absolute atomic E-state index is 0.0000274. The van der Waals surface area contributed by atoms with Crippen LogP contribution in [0.2, 0.25) is 0 Å². The molecule has 6 nitrogen and oxygen atoms in total. The highest BCUT2D eigenvalue weighted by molar-refractivity contribution is 7.89. The minimum atomic E-state index is -3.73. The van der Waals surface area contributed by atoms with Gasteiger partial charge in [-0.25, -0.2) is 13.6 Å². The molecule has 0 bridgehead atoms. The van der Waals surface area contributed by atoms with E-state index in [0.717, 1.165) is 0 Å². The Morgan fingerprint density at radius 1 is 1.44 bits per heavy atom. The Bertz CT molecular complexity index is 553. The number of amides is 1. The summed E-state index contributed by atoms with van der Waals surface area (Å²) in [6, 6.07) is 4.20. The third-order valence-electron chi connectivity index (χ3n) is 2.35. The van der Waals surface area contributed by atoms with Crippen molar-refractivity contribution in [3.05, 3.63) is 23.8 Å². The van der Waals surface area contributed by atoms with E-state index in [0.29, 0.717) is 11.3 Å². The lowest BCUT2D eigenvalue weighted by Crippen LogP contribution is -2.31. The predicted octanol–water partition coefficient (Wildman–Crippen LogP) is -0.877. The number of rotatable bonds is 2. The predicted molar refractivity (Wildman–Crippen MR) is 55.1 cm³/mol. The van der Waals surface area contributed by atoms with Crippen LogP contribution in [0.4, 0.5) is 0 Å². The monoisotopic (exact) mass is 242 g/mol. The van der Waals surface area contributed by atoms with Crippen LogP contribution in [0.15, 0.2) is 23.1 Å². The molecule has 0 fully saturated rings.